The van der Waals surface area contributed by atoms with Gasteiger partial charge in [0, 0.05) is 14.8 Å². The smallest absolute Gasteiger partial charge is 0.144 e. The molecule has 8 heavy (non-hydrogen) atoms. The molecule has 4 heteroatoms. The number of hydrogen-bond donors (Lipinski definition) is 1. The Kier molecular flexibility index (Phi) is 5.40. The van der Waals surface area contributed by atoms with E-state index >= 15 is 0 Å². The van der Waals surface area contributed by atoms with Gasteiger partial charge in [0.05, 0.1) is 0 Å². The van der Waals surface area contributed by atoms with Gasteiger partial charge in [-0.2, -0.15) is 0 Å². The summed E-state index contributed by atoms with van der Waals surface area (Å²) in [7, 11) is 8.32. The van der Waals surface area contributed by atoms with Crippen molar-refractivity contribution in [2.45, 2.75) is 13.8 Å². The van der Waals surface area contributed by atoms with E-state index in [-0.39, 0.29) is 0 Å². The van der Waals surface area contributed by atoms with Crippen LogP contribution in [0, 0.1) is 5.92 Å². The van der Waals surface area contributed by atoms with Crippen molar-refractivity contribution in [3.8, 4) is 0 Å². The van der Waals surface area contributed by atoms with Crippen molar-refractivity contribution in [3.63, 3.8) is 0 Å². The molecule has 1 nitrogen and oxygen atoms in total. The average molecular weight is 105 g/mol. The summed E-state index contributed by atoms with van der Waals surface area (Å²) in [4.78, 5) is 0. The molecule has 0 aliphatic carbocycles. The number of hydrogen-bond acceptors (Lipinski definition) is 1. The Morgan fingerprint density at radius 3 is 2.62 bits per heavy atom. The zero-order chi connectivity index (χ0) is 6.41. The summed E-state index contributed by atoms with van der Waals surface area (Å²) in [6, 6.07) is 0. The third-order valence-electron chi connectivity index (χ3n) is 0.740. The summed E-state index contributed by atoms with van der Waals surface area (Å²) in [5.74, 6) is 0.686. The Hall–Kier alpha value is 0.155. The van der Waals surface area contributed by atoms with Crippen LogP contribution in [0.3, 0.4) is 0 Å². The Bertz CT molecular complexity index is 48.5. The Labute approximate surface area is 54.5 Å². The predicted octanol–water partition coefficient (Wildman–Crippen LogP) is -0.446. The van der Waals surface area contributed by atoms with Gasteiger partial charge in [-0.05, 0) is 12.5 Å². The Morgan fingerprint density at radius 1 is 1.62 bits per heavy atom. The Morgan fingerprint density at radius 2 is 2.25 bits per heavy atom. The van der Waals surface area contributed by atoms with E-state index in [4.69, 9.17) is 7.74 Å². The fourth-order valence-electron chi connectivity index (χ4n) is 0.372. The van der Waals surface area contributed by atoms with E-state index in [1.54, 1.807) is 7.31 Å². The lowest BCUT2D eigenvalue weighted by Crippen LogP contribution is -2.28. The SMILES string of the molecule is [B][B][B]NCC(C)C. The molecule has 0 aromatic carbocycles. The van der Waals surface area contributed by atoms with Crippen molar-refractivity contribution in [2.75, 3.05) is 6.54 Å². The maximum absolute atomic E-state index is 5.07. The zero-order valence-corrected chi connectivity index (χ0v) is 5.52. The topological polar surface area (TPSA) is 12.0 Å². The van der Waals surface area contributed by atoms with Crippen molar-refractivity contribution in [2.24, 2.45) is 5.92 Å². The predicted molar refractivity (Wildman–Crippen MR) is 40.1 cm³/mol. The minimum atomic E-state index is 0.686. The standard InChI is InChI=1S/C4H10B3N/c1-4(2)3-8-7-6-5/h4,8H,3H2,1-2H3. The zero-order valence-electron chi connectivity index (χ0n) is 5.52. The molecule has 0 heterocycles. The molecule has 0 rings (SSSR count). The second kappa shape index (κ2) is 5.29. The highest BCUT2D eigenvalue weighted by molar-refractivity contribution is 7.23. The van der Waals surface area contributed by atoms with Gasteiger partial charge in [-0.3, -0.25) is 0 Å². The Balaban J connectivity index is 2.72. The van der Waals surface area contributed by atoms with Gasteiger partial charge in [0.15, 0.2) is 0 Å². The average Bonchev–Trinajstić information content (AvgIpc) is 1.66. The van der Waals surface area contributed by atoms with Gasteiger partial charge in [0.1, 0.15) is 7.31 Å². The van der Waals surface area contributed by atoms with Gasteiger partial charge >= 0.3 is 0 Å². The molecular formula is C4H10B3N. The van der Waals surface area contributed by atoms with Crippen molar-refractivity contribution in [1.29, 1.82) is 0 Å². The minimum Gasteiger partial charge on any atom is -0.369 e. The summed E-state index contributed by atoms with van der Waals surface area (Å²) in [5.41, 5.74) is 0. The van der Waals surface area contributed by atoms with E-state index in [2.05, 4.69) is 19.1 Å². The first-order chi connectivity index (χ1) is 3.77. The molecule has 40 valence electrons. The van der Waals surface area contributed by atoms with Gasteiger partial charge in [-0.1, -0.05) is 13.8 Å². The second-order valence-corrected chi connectivity index (χ2v) is 2.16. The maximum atomic E-state index is 5.07. The molecule has 0 aromatic heterocycles. The van der Waals surface area contributed by atoms with Crippen LogP contribution in [-0.2, 0) is 0 Å². The van der Waals surface area contributed by atoms with Crippen molar-refractivity contribution >= 4 is 22.1 Å². The molecule has 0 saturated heterocycles. The normalized spacial score (nSPS) is 9.38. The van der Waals surface area contributed by atoms with E-state index in [1.807, 2.05) is 0 Å². The van der Waals surface area contributed by atoms with Crippen molar-refractivity contribution in [1.82, 2.24) is 5.23 Å². The fourth-order valence-corrected chi connectivity index (χ4v) is 0.372. The van der Waals surface area contributed by atoms with Crippen LogP contribution in [0.25, 0.3) is 0 Å². The van der Waals surface area contributed by atoms with E-state index in [1.165, 1.54) is 7.06 Å². The van der Waals surface area contributed by atoms with Crippen LogP contribution < -0.4 is 5.23 Å². The monoisotopic (exact) mass is 105 g/mol. The molecule has 0 aliphatic rings. The van der Waals surface area contributed by atoms with Crippen molar-refractivity contribution in [3.05, 3.63) is 0 Å². The van der Waals surface area contributed by atoms with Gasteiger partial charge < -0.3 is 5.23 Å². The largest absolute Gasteiger partial charge is 0.369 e. The molecule has 0 atom stereocenters. The summed E-state index contributed by atoms with van der Waals surface area (Å²) < 4.78 is 0. The van der Waals surface area contributed by atoms with Crippen LogP contribution in [0.15, 0.2) is 0 Å². The van der Waals surface area contributed by atoms with E-state index in [9.17, 15) is 0 Å². The molecule has 0 fully saturated rings. The molecule has 0 saturated carbocycles. The first-order valence-corrected chi connectivity index (χ1v) is 2.87. The third kappa shape index (κ3) is 6.15. The highest BCUT2D eigenvalue weighted by Crippen LogP contribution is 1.84. The maximum Gasteiger partial charge on any atom is 0.144 e. The molecule has 0 unspecified atom stereocenters. The molecule has 0 aromatic rings. The minimum absolute atomic E-state index is 0.686. The van der Waals surface area contributed by atoms with Crippen LogP contribution in [0.5, 0.6) is 0 Å². The summed E-state index contributed by atoms with van der Waals surface area (Å²) in [5, 5.41) is 3.03. The highest BCUT2D eigenvalue weighted by atomic mass is 14.7. The fraction of sp³-hybridized carbons (Fsp3) is 1.00. The van der Waals surface area contributed by atoms with E-state index < -0.39 is 0 Å². The molecule has 0 spiro atoms. The summed E-state index contributed by atoms with van der Waals surface area (Å²) in [6.07, 6.45) is 0. The summed E-state index contributed by atoms with van der Waals surface area (Å²) >= 11 is 0. The van der Waals surface area contributed by atoms with Crippen LogP contribution in [0.1, 0.15) is 13.8 Å². The van der Waals surface area contributed by atoms with Gasteiger partial charge in [-0.15, -0.1) is 0 Å². The van der Waals surface area contributed by atoms with Crippen LogP contribution in [0.2, 0.25) is 0 Å². The van der Waals surface area contributed by atoms with Crippen LogP contribution in [-0.4, -0.2) is 28.6 Å². The molecule has 0 bridgehead atoms. The first-order valence-electron chi connectivity index (χ1n) is 2.87. The lowest BCUT2D eigenvalue weighted by atomic mass is 9.33. The second-order valence-electron chi connectivity index (χ2n) is 2.16. The highest BCUT2D eigenvalue weighted by Gasteiger charge is 1.90. The van der Waals surface area contributed by atoms with Crippen LogP contribution in [0.4, 0.5) is 0 Å². The van der Waals surface area contributed by atoms with Gasteiger partial charge in [-0.25, -0.2) is 0 Å². The number of nitrogens with one attached hydrogen (secondary N) is 1. The molecule has 4 radical (unpaired) electrons. The number of rotatable bonds is 4. The van der Waals surface area contributed by atoms with E-state index in [0.717, 1.165) is 6.54 Å². The quantitative estimate of drug-likeness (QED) is 0.377. The molecule has 1 N–H and O–H groups in total. The van der Waals surface area contributed by atoms with Gasteiger partial charge in [0.25, 0.3) is 0 Å². The van der Waals surface area contributed by atoms with Crippen molar-refractivity contribution < 1.29 is 0 Å². The molecular weight excluding hydrogens is 94.5 g/mol. The van der Waals surface area contributed by atoms with E-state index in [0.29, 0.717) is 5.92 Å². The first kappa shape index (κ1) is 8.15. The van der Waals surface area contributed by atoms with Crippen LogP contribution >= 0.6 is 0 Å². The molecule has 0 amide bonds. The van der Waals surface area contributed by atoms with Gasteiger partial charge in [0.2, 0.25) is 0 Å². The lowest BCUT2D eigenvalue weighted by Gasteiger charge is -2.03. The molecule has 0 aliphatic heterocycles. The summed E-state index contributed by atoms with van der Waals surface area (Å²) in [6.45, 7) is 5.29. The lowest BCUT2D eigenvalue weighted by molar-refractivity contribution is 0.635. The third-order valence-corrected chi connectivity index (χ3v) is 0.740.